The summed E-state index contributed by atoms with van der Waals surface area (Å²) in [5.41, 5.74) is 1.19. The van der Waals surface area contributed by atoms with Crippen molar-refractivity contribution in [2.24, 2.45) is 5.92 Å². The van der Waals surface area contributed by atoms with Crippen molar-refractivity contribution in [3.05, 3.63) is 28.8 Å². The second-order valence-corrected chi connectivity index (χ2v) is 5.23. The van der Waals surface area contributed by atoms with E-state index in [0.29, 0.717) is 16.7 Å². The van der Waals surface area contributed by atoms with Gasteiger partial charge in [-0.1, -0.05) is 6.92 Å². The first-order valence-electron chi connectivity index (χ1n) is 6.76. The zero-order chi connectivity index (χ0) is 16.9. The van der Waals surface area contributed by atoms with Crippen molar-refractivity contribution in [2.45, 2.75) is 33.8 Å². The normalized spacial score (nSPS) is 12.1. The van der Waals surface area contributed by atoms with Gasteiger partial charge in [0.15, 0.2) is 0 Å². The van der Waals surface area contributed by atoms with E-state index in [4.69, 9.17) is 5.11 Å². The molecule has 0 aliphatic heterocycles. The third-order valence-corrected chi connectivity index (χ3v) is 3.06. The molecule has 1 rings (SSSR count). The van der Waals surface area contributed by atoms with Crippen LogP contribution in [0.1, 0.15) is 34.8 Å². The number of carboxylic acids is 1. The number of halogens is 2. The molecule has 1 unspecified atom stereocenters. The standard InChI is InChI=1S/C15H19F2NO4/c1-8(4-12(19)20)7-18-14(21)11-5-9(2)13(10(3)6-11)22-15(16)17/h5-6,8,15H,4,7H2,1-3H3,(H,18,21)(H,19,20). The summed E-state index contributed by atoms with van der Waals surface area (Å²) in [6.45, 7) is 2.17. The highest BCUT2D eigenvalue weighted by atomic mass is 19.3. The first kappa shape index (κ1) is 17.9. The second kappa shape index (κ2) is 7.72. The molecule has 0 aromatic heterocycles. The monoisotopic (exact) mass is 315 g/mol. The number of aliphatic carboxylic acids is 1. The van der Waals surface area contributed by atoms with Crippen LogP contribution in [0.3, 0.4) is 0 Å². The summed E-state index contributed by atoms with van der Waals surface area (Å²) < 4.78 is 29.0. The van der Waals surface area contributed by atoms with E-state index >= 15 is 0 Å². The van der Waals surface area contributed by atoms with E-state index in [1.165, 1.54) is 12.1 Å². The Morgan fingerprint density at radius 3 is 2.27 bits per heavy atom. The molecule has 122 valence electrons. The number of alkyl halides is 2. The van der Waals surface area contributed by atoms with Crippen molar-refractivity contribution < 1.29 is 28.2 Å². The highest BCUT2D eigenvalue weighted by Crippen LogP contribution is 2.26. The molecule has 1 amide bonds. The third-order valence-electron chi connectivity index (χ3n) is 3.06. The summed E-state index contributed by atoms with van der Waals surface area (Å²) in [6, 6.07) is 2.92. The molecular weight excluding hydrogens is 296 g/mol. The Labute approximate surface area is 127 Å². The molecule has 0 aliphatic carbocycles. The Morgan fingerprint density at radius 1 is 1.27 bits per heavy atom. The number of carbonyl (C=O) groups excluding carboxylic acids is 1. The molecule has 5 nitrogen and oxygen atoms in total. The van der Waals surface area contributed by atoms with E-state index in [9.17, 15) is 18.4 Å². The fourth-order valence-corrected chi connectivity index (χ4v) is 2.10. The Kier molecular flexibility index (Phi) is 6.27. The largest absolute Gasteiger partial charge is 0.481 e. The Morgan fingerprint density at radius 2 is 1.82 bits per heavy atom. The van der Waals surface area contributed by atoms with Gasteiger partial charge in [-0.15, -0.1) is 0 Å². The maximum absolute atomic E-state index is 12.3. The smallest absolute Gasteiger partial charge is 0.387 e. The topological polar surface area (TPSA) is 75.6 Å². The minimum absolute atomic E-state index is 0.0422. The van der Waals surface area contributed by atoms with Crippen LogP contribution in [-0.4, -0.2) is 30.1 Å². The second-order valence-electron chi connectivity index (χ2n) is 5.23. The minimum Gasteiger partial charge on any atom is -0.481 e. The van der Waals surface area contributed by atoms with Gasteiger partial charge in [-0.05, 0) is 43.0 Å². The van der Waals surface area contributed by atoms with Gasteiger partial charge in [0.05, 0.1) is 0 Å². The Hall–Kier alpha value is -2.18. The molecule has 1 aromatic rings. The van der Waals surface area contributed by atoms with E-state index < -0.39 is 12.6 Å². The molecule has 7 heteroatoms. The average molecular weight is 315 g/mol. The zero-order valence-electron chi connectivity index (χ0n) is 12.7. The summed E-state index contributed by atoms with van der Waals surface area (Å²) in [5, 5.41) is 11.3. The number of hydrogen-bond acceptors (Lipinski definition) is 3. The van der Waals surface area contributed by atoms with Crippen LogP contribution in [0.5, 0.6) is 5.75 Å². The molecule has 0 spiro atoms. The highest BCUT2D eigenvalue weighted by Gasteiger charge is 2.15. The van der Waals surface area contributed by atoms with Crippen LogP contribution >= 0.6 is 0 Å². The molecule has 22 heavy (non-hydrogen) atoms. The first-order valence-corrected chi connectivity index (χ1v) is 6.76. The van der Waals surface area contributed by atoms with Crippen LogP contribution in [0.25, 0.3) is 0 Å². The van der Waals surface area contributed by atoms with Crippen molar-refractivity contribution in [3.63, 3.8) is 0 Å². The fraction of sp³-hybridized carbons (Fsp3) is 0.467. The van der Waals surface area contributed by atoms with Crippen molar-refractivity contribution in [3.8, 4) is 5.75 Å². The Balaban J connectivity index is 2.76. The average Bonchev–Trinajstić information content (AvgIpc) is 2.38. The molecule has 1 aromatic carbocycles. The van der Waals surface area contributed by atoms with Gasteiger partial charge in [0, 0.05) is 18.5 Å². The number of benzene rings is 1. The van der Waals surface area contributed by atoms with Gasteiger partial charge in [0.1, 0.15) is 5.75 Å². The predicted molar refractivity (Wildman–Crippen MR) is 76.3 cm³/mol. The van der Waals surface area contributed by atoms with Crippen LogP contribution in [0, 0.1) is 19.8 Å². The number of carboxylic acid groups (broad SMARTS) is 1. The van der Waals surface area contributed by atoms with Crippen LogP contribution < -0.4 is 10.1 Å². The number of ether oxygens (including phenoxy) is 1. The van der Waals surface area contributed by atoms with E-state index in [1.54, 1.807) is 20.8 Å². The van der Waals surface area contributed by atoms with Gasteiger partial charge in [-0.25, -0.2) is 0 Å². The number of amides is 1. The van der Waals surface area contributed by atoms with Crippen LogP contribution in [-0.2, 0) is 4.79 Å². The van der Waals surface area contributed by atoms with Crippen LogP contribution in [0.4, 0.5) is 8.78 Å². The quantitative estimate of drug-likeness (QED) is 0.811. The fourth-order valence-electron chi connectivity index (χ4n) is 2.10. The molecule has 0 saturated carbocycles. The van der Waals surface area contributed by atoms with E-state index in [0.717, 1.165) is 0 Å². The molecule has 0 aliphatic rings. The lowest BCUT2D eigenvalue weighted by molar-refractivity contribution is -0.137. The number of hydrogen-bond donors (Lipinski definition) is 2. The van der Waals surface area contributed by atoms with Gasteiger partial charge in [0.25, 0.3) is 5.91 Å². The zero-order valence-corrected chi connectivity index (χ0v) is 12.7. The minimum atomic E-state index is -2.92. The number of nitrogens with one attached hydrogen (secondary N) is 1. The molecule has 0 bridgehead atoms. The van der Waals surface area contributed by atoms with E-state index in [1.807, 2.05) is 0 Å². The van der Waals surface area contributed by atoms with Crippen molar-refractivity contribution in [1.29, 1.82) is 0 Å². The van der Waals surface area contributed by atoms with Crippen molar-refractivity contribution in [2.75, 3.05) is 6.54 Å². The Bertz CT molecular complexity index is 537. The SMILES string of the molecule is Cc1cc(C(=O)NCC(C)CC(=O)O)cc(C)c1OC(F)F. The van der Waals surface area contributed by atoms with E-state index in [2.05, 4.69) is 10.1 Å². The van der Waals surface area contributed by atoms with Gasteiger partial charge >= 0.3 is 12.6 Å². The highest BCUT2D eigenvalue weighted by molar-refractivity contribution is 5.94. The van der Waals surface area contributed by atoms with Crippen molar-refractivity contribution in [1.82, 2.24) is 5.32 Å². The lowest BCUT2D eigenvalue weighted by Crippen LogP contribution is -2.29. The molecule has 0 radical (unpaired) electrons. The maximum atomic E-state index is 12.3. The third kappa shape index (κ3) is 5.31. The van der Waals surface area contributed by atoms with Gasteiger partial charge in [0.2, 0.25) is 0 Å². The lowest BCUT2D eigenvalue weighted by Gasteiger charge is -2.14. The maximum Gasteiger partial charge on any atom is 0.387 e. The van der Waals surface area contributed by atoms with Gasteiger partial charge < -0.3 is 15.2 Å². The molecule has 0 heterocycles. The number of rotatable bonds is 7. The molecular formula is C15H19F2NO4. The van der Waals surface area contributed by atoms with Crippen molar-refractivity contribution >= 4 is 11.9 Å². The summed E-state index contributed by atoms with van der Waals surface area (Å²) in [5.74, 6) is -1.45. The van der Waals surface area contributed by atoms with Crippen LogP contribution in [0.15, 0.2) is 12.1 Å². The van der Waals surface area contributed by atoms with Gasteiger partial charge in [-0.2, -0.15) is 8.78 Å². The summed E-state index contributed by atoms with van der Waals surface area (Å²) in [6.07, 6.45) is -0.0422. The lowest BCUT2D eigenvalue weighted by atomic mass is 10.0. The molecule has 1 atom stereocenters. The molecule has 0 saturated heterocycles. The predicted octanol–water partition coefficient (Wildman–Crippen LogP) is 2.75. The van der Waals surface area contributed by atoms with Gasteiger partial charge in [-0.3, -0.25) is 9.59 Å². The molecule has 2 N–H and O–H groups in total. The summed E-state index contributed by atoms with van der Waals surface area (Å²) >= 11 is 0. The van der Waals surface area contributed by atoms with E-state index in [-0.39, 0.29) is 30.5 Å². The first-order chi connectivity index (χ1) is 10.2. The number of aryl methyl sites for hydroxylation is 2. The summed E-state index contributed by atoms with van der Waals surface area (Å²) in [4.78, 5) is 22.6. The summed E-state index contributed by atoms with van der Waals surface area (Å²) in [7, 11) is 0. The van der Waals surface area contributed by atoms with Crippen LogP contribution in [0.2, 0.25) is 0 Å². The molecule has 0 fully saturated rings. The number of carbonyl (C=O) groups is 2.